The fourth-order valence-corrected chi connectivity index (χ4v) is 4.25. The minimum absolute atomic E-state index is 0.0675. The van der Waals surface area contributed by atoms with Crippen LogP contribution in [0.4, 0.5) is 10.1 Å². The summed E-state index contributed by atoms with van der Waals surface area (Å²) in [5.74, 6) is 2.45. The fourth-order valence-electron chi connectivity index (χ4n) is 3.34. The Labute approximate surface area is 178 Å². The zero-order valence-corrected chi connectivity index (χ0v) is 17.8. The summed E-state index contributed by atoms with van der Waals surface area (Å²) in [5, 5.41) is 7.21. The number of benzene rings is 2. The number of thioether (sulfide) groups is 1. The molecule has 1 N–H and O–H groups in total. The molecule has 0 unspecified atom stereocenters. The van der Waals surface area contributed by atoms with E-state index in [1.165, 1.54) is 6.07 Å². The van der Waals surface area contributed by atoms with Crippen LogP contribution >= 0.6 is 11.8 Å². The summed E-state index contributed by atoms with van der Waals surface area (Å²) >= 11 is 1.88. The SMILES string of the molecule is Cc1ccc(-c2noc(CNc3cccc(C(=O)N4CCSCC4)c3C)n2)cc1F. The monoisotopic (exact) mass is 426 g/mol. The van der Waals surface area contributed by atoms with Gasteiger partial charge in [0.1, 0.15) is 5.82 Å². The third-order valence-electron chi connectivity index (χ3n) is 5.19. The zero-order valence-electron chi connectivity index (χ0n) is 16.9. The number of rotatable bonds is 5. The molecular formula is C22H23FN4O2S. The zero-order chi connectivity index (χ0) is 21.1. The first-order valence-corrected chi connectivity index (χ1v) is 11.0. The molecule has 0 spiro atoms. The van der Waals surface area contributed by atoms with Crippen molar-refractivity contribution in [1.29, 1.82) is 0 Å². The van der Waals surface area contributed by atoms with E-state index in [1.807, 2.05) is 41.8 Å². The molecule has 30 heavy (non-hydrogen) atoms. The average molecular weight is 427 g/mol. The molecule has 1 saturated heterocycles. The highest BCUT2D eigenvalue weighted by molar-refractivity contribution is 7.99. The summed E-state index contributed by atoms with van der Waals surface area (Å²) in [6.07, 6.45) is 0. The highest BCUT2D eigenvalue weighted by Crippen LogP contribution is 2.23. The number of carbonyl (C=O) groups is 1. The van der Waals surface area contributed by atoms with Gasteiger partial charge in [0, 0.05) is 41.4 Å². The van der Waals surface area contributed by atoms with E-state index < -0.39 is 0 Å². The quantitative estimate of drug-likeness (QED) is 0.656. The number of nitrogens with zero attached hydrogens (tertiary/aromatic N) is 3. The second-order valence-corrected chi connectivity index (χ2v) is 8.44. The molecule has 6 nitrogen and oxygen atoms in total. The Morgan fingerprint density at radius 2 is 2.03 bits per heavy atom. The van der Waals surface area contributed by atoms with Crippen LogP contribution in [0.3, 0.4) is 0 Å². The Balaban J connectivity index is 1.46. The third-order valence-corrected chi connectivity index (χ3v) is 6.13. The summed E-state index contributed by atoms with van der Waals surface area (Å²) in [6, 6.07) is 10.5. The van der Waals surface area contributed by atoms with Crippen molar-refractivity contribution in [3.05, 3.63) is 64.8 Å². The van der Waals surface area contributed by atoms with Crippen LogP contribution in [-0.2, 0) is 6.54 Å². The van der Waals surface area contributed by atoms with Gasteiger partial charge in [0.25, 0.3) is 5.91 Å². The molecule has 1 fully saturated rings. The Morgan fingerprint density at radius 1 is 1.23 bits per heavy atom. The van der Waals surface area contributed by atoms with Crippen molar-refractivity contribution in [1.82, 2.24) is 15.0 Å². The lowest BCUT2D eigenvalue weighted by atomic mass is 10.1. The van der Waals surface area contributed by atoms with Crippen LogP contribution in [-0.4, -0.2) is 45.5 Å². The number of hydrogen-bond donors (Lipinski definition) is 1. The normalized spacial score (nSPS) is 14.0. The number of aromatic nitrogens is 2. The Hall–Kier alpha value is -2.87. The molecule has 1 aliphatic rings. The fraction of sp³-hybridized carbons (Fsp3) is 0.318. The molecule has 1 amide bonds. The molecule has 2 aromatic carbocycles. The number of nitrogens with one attached hydrogen (secondary N) is 1. The predicted octanol–water partition coefficient (Wildman–Crippen LogP) is 4.29. The largest absolute Gasteiger partial charge is 0.376 e. The maximum atomic E-state index is 13.8. The van der Waals surface area contributed by atoms with E-state index >= 15 is 0 Å². The van der Waals surface area contributed by atoms with Crippen LogP contribution in [0.2, 0.25) is 0 Å². The number of anilines is 1. The van der Waals surface area contributed by atoms with Crippen molar-refractivity contribution in [3.8, 4) is 11.4 Å². The van der Waals surface area contributed by atoms with Crippen molar-refractivity contribution in [2.45, 2.75) is 20.4 Å². The van der Waals surface area contributed by atoms with Gasteiger partial charge in [-0.05, 0) is 43.2 Å². The average Bonchev–Trinajstić information content (AvgIpc) is 3.24. The van der Waals surface area contributed by atoms with Gasteiger partial charge in [0.15, 0.2) is 0 Å². The lowest BCUT2D eigenvalue weighted by Gasteiger charge is -2.27. The van der Waals surface area contributed by atoms with Gasteiger partial charge in [-0.15, -0.1) is 0 Å². The molecular weight excluding hydrogens is 403 g/mol. The summed E-state index contributed by atoms with van der Waals surface area (Å²) in [6.45, 7) is 5.51. The van der Waals surface area contributed by atoms with Gasteiger partial charge in [-0.1, -0.05) is 23.4 Å². The highest BCUT2D eigenvalue weighted by Gasteiger charge is 2.21. The first-order valence-electron chi connectivity index (χ1n) is 9.82. The van der Waals surface area contributed by atoms with Crippen LogP contribution < -0.4 is 5.32 Å². The van der Waals surface area contributed by atoms with Crippen molar-refractivity contribution in [3.63, 3.8) is 0 Å². The molecule has 1 aromatic heterocycles. The number of hydrogen-bond acceptors (Lipinski definition) is 6. The molecule has 2 heterocycles. The number of halogens is 1. The van der Waals surface area contributed by atoms with E-state index in [2.05, 4.69) is 15.5 Å². The smallest absolute Gasteiger partial charge is 0.254 e. The van der Waals surface area contributed by atoms with Crippen LogP contribution in [0.1, 0.15) is 27.4 Å². The van der Waals surface area contributed by atoms with Crippen molar-refractivity contribution >= 4 is 23.4 Å². The Bertz CT molecular complexity index is 1060. The van der Waals surface area contributed by atoms with Gasteiger partial charge in [0.05, 0.1) is 6.54 Å². The molecule has 0 aliphatic carbocycles. The maximum Gasteiger partial charge on any atom is 0.254 e. The summed E-state index contributed by atoms with van der Waals surface area (Å²) in [7, 11) is 0. The third kappa shape index (κ3) is 4.33. The van der Waals surface area contributed by atoms with E-state index in [0.29, 0.717) is 35.0 Å². The Morgan fingerprint density at radius 3 is 2.80 bits per heavy atom. The molecule has 4 rings (SSSR count). The number of amides is 1. The molecule has 0 radical (unpaired) electrons. The van der Waals surface area contributed by atoms with E-state index in [4.69, 9.17) is 4.52 Å². The second kappa shape index (κ2) is 8.87. The second-order valence-electron chi connectivity index (χ2n) is 7.21. The van der Waals surface area contributed by atoms with Gasteiger partial charge in [0.2, 0.25) is 11.7 Å². The van der Waals surface area contributed by atoms with Gasteiger partial charge in [-0.25, -0.2) is 4.39 Å². The first kappa shape index (κ1) is 20.4. The predicted molar refractivity (Wildman–Crippen MR) is 116 cm³/mol. The van der Waals surface area contributed by atoms with Crippen LogP contribution in [0.25, 0.3) is 11.4 Å². The standard InChI is InChI=1S/C22H23FN4O2S/c1-14-6-7-16(12-18(14)23)21-25-20(29-26-21)13-24-19-5-3-4-17(15(19)2)22(28)27-8-10-30-11-9-27/h3-7,12,24H,8-11,13H2,1-2H3. The van der Waals surface area contributed by atoms with Gasteiger partial charge >= 0.3 is 0 Å². The van der Waals surface area contributed by atoms with Crippen molar-refractivity contribution < 1.29 is 13.7 Å². The summed E-state index contributed by atoms with van der Waals surface area (Å²) in [5.41, 5.74) is 3.57. The van der Waals surface area contributed by atoms with Gasteiger partial charge in [-0.3, -0.25) is 4.79 Å². The minimum Gasteiger partial charge on any atom is -0.376 e. The maximum absolute atomic E-state index is 13.8. The van der Waals surface area contributed by atoms with E-state index in [9.17, 15) is 9.18 Å². The van der Waals surface area contributed by atoms with E-state index in [-0.39, 0.29) is 11.7 Å². The molecule has 0 bridgehead atoms. The van der Waals surface area contributed by atoms with Gasteiger partial charge in [-0.2, -0.15) is 16.7 Å². The summed E-state index contributed by atoms with van der Waals surface area (Å²) < 4.78 is 19.1. The molecule has 8 heteroatoms. The molecule has 1 aliphatic heterocycles. The van der Waals surface area contributed by atoms with Crippen LogP contribution in [0.15, 0.2) is 40.9 Å². The van der Waals surface area contributed by atoms with E-state index in [0.717, 1.165) is 35.8 Å². The summed E-state index contributed by atoms with van der Waals surface area (Å²) in [4.78, 5) is 19.1. The highest BCUT2D eigenvalue weighted by atomic mass is 32.2. The lowest BCUT2D eigenvalue weighted by molar-refractivity contribution is 0.0771. The number of aryl methyl sites for hydroxylation is 1. The minimum atomic E-state index is -0.304. The first-order chi connectivity index (χ1) is 14.5. The van der Waals surface area contributed by atoms with Crippen LogP contribution in [0.5, 0.6) is 0 Å². The Kier molecular flexibility index (Phi) is 6.03. The van der Waals surface area contributed by atoms with Crippen molar-refractivity contribution in [2.24, 2.45) is 0 Å². The molecule has 0 atom stereocenters. The topological polar surface area (TPSA) is 71.3 Å². The van der Waals surface area contributed by atoms with Gasteiger partial charge < -0.3 is 14.7 Å². The molecule has 0 saturated carbocycles. The van der Waals surface area contributed by atoms with E-state index in [1.54, 1.807) is 19.1 Å². The van der Waals surface area contributed by atoms with Crippen LogP contribution in [0, 0.1) is 19.7 Å². The van der Waals surface area contributed by atoms with Crippen molar-refractivity contribution in [2.75, 3.05) is 29.9 Å². The lowest BCUT2D eigenvalue weighted by Crippen LogP contribution is -2.38. The molecule has 156 valence electrons. The molecule has 3 aromatic rings. The number of carbonyl (C=O) groups excluding carboxylic acids is 1.